The Morgan fingerprint density at radius 1 is 0.971 bits per heavy atom. The largest absolute Gasteiger partial charge is 0.350 e. The van der Waals surface area contributed by atoms with E-state index in [9.17, 15) is 14.4 Å². The summed E-state index contributed by atoms with van der Waals surface area (Å²) in [7, 11) is 0. The number of rotatable bonds is 6. The lowest BCUT2D eigenvalue weighted by molar-refractivity contribution is -0.117. The molecule has 11 heteroatoms. The van der Waals surface area contributed by atoms with Gasteiger partial charge in [-0.15, -0.1) is 5.10 Å². The summed E-state index contributed by atoms with van der Waals surface area (Å²) in [5.41, 5.74) is 2.04. The standard InChI is InChI=1S/C24H19N7O4/c1-15(32)25-17-9-5-10-18(13-17)26-20(33)14-31-24(34)30-12-6-11-19(22(30)28-31)23-27-21(29-35-23)16-7-3-2-4-8-16/h2-13H,14H2,1H3,(H,25,32)(H,26,33). The maximum atomic E-state index is 12.9. The minimum atomic E-state index is -0.494. The summed E-state index contributed by atoms with van der Waals surface area (Å²) in [5, 5.41) is 13.7. The van der Waals surface area contributed by atoms with Crippen LogP contribution < -0.4 is 16.3 Å². The Balaban J connectivity index is 1.40. The van der Waals surface area contributed by atoms with Crippen LogP contribution in [0.5, 0.6) is 0 Å². The molecule has 0 bridgehead atoms. The van der Waals surface area contributed by atoms with Crippen LogP contribution in [0.4, 0.5) is 11.4 Å². The lowest BCUT2D eigenvalue weighted by Crippen LogP contribution is -2.28. The van der Waals surface area contributed by atoms with Crippen molar-refractivity contribution in [3.8, 4) is 22.8 Å². The molecule has 11 nitrogen and oxygen atoms in total. The third-order valence-electron chi connectivity index (χ3n) is 5.06. The van der Waals surface area contributed by atoms with Gasteiger partial charge in [0.15, 0.2) is 5.65 Å². The molecule has 174 valence electrons. The van der Waals surface area contributed by atoms with Gasteiger partial charge in [-0.05, 0) is 30.3 Å². The van der Waals surface area contributed by atoms with E-state index in [4.69, 9.17) is 4.52 Å². The highest BCUT2D eigenvalue weighted by Crippen LogP contribution is 2.24. The molecule has 0 spiro atoms. The van der Waals surface area contributed by atoms with Crippen LogP contribution in [-0.2, 0) is 16.1 Å². The van der Waals surface area contributed by atoms with Gasteiger partial charge >= 0.3 is 5.69 Å². The van der Waals surface area contributed by atoms with Crippen LogP contribution in [-0.4, -0.2) is 36.1 Å². The summed E-state index contributed by atoms with van der Waals surface area (Å²) in [4.78, 5) is 41.2. The number of anilines is 2. The van der Waals surface area contributed by atoms with Crippen LogP contribution in [0.2, 0.25) is 0 Å². The number of benzene rings is 2. The number of hydrogen-bond donors (Lipinski definition) is 2. The first-order valence-electron chi connectivity index (χ1n) is 10.6. The fraction of sp³-hybridized carbons (Fsp3) is 0.0833. The second-order valence-corrected chi connectivity index (χ2v) is 7.66. The smallest absolute Gasteiger partial charge is 0.333 e. The molecule has 0 radical (unpaired) electrons. The van der Waals surface area contributed by atoms with Gasteiger partial charge in [0, 0.05) is 30.1 Å². The first-order chi connectivity index (χ1) is 17.0. The summed E-state index contributed by atoms with van der Waals surface area (Å²) in [6.45, 7) is 1.08. The number of hydrogen-bond acceptors (Lipinski definition) is 7. The molecule has 0 fully saturated rings. The topological polar surface area (TPSA) is 136 Å². The Labute approximate surface area is 198 Å². The molecular weight excluding hydrogens is 450 g/mol. The Morgan fingerprint density at radius 3 is 2.51 bits per heavy atom. The van der Waals surface area contributed by atoms with Crippen molar-refractivity contribution in [1.82, 2.24) is 24.3 Å². The number of carbonyl (C=O) groups excluding carboxylic acids is 2. The van der Waals surface area contributed by atoms with Crippen LogP contribution in [0.3, 0.4) is 0 Å². The van der Waals surface area contributed by atoms with Crippen molar-refractivity contribution in [2.75, 3.05) is 10.6 Å². The number of pyridine rings is 1. The SMILES string of the molecule is CC(=O)Nc1cccc(NC(=O)Cn2nc3c(-c4nc(-c5ccccc5)no4)cccn3c2=O)c1. The van der Waals surface area contributed by atoms with E-state index in [1.165, 1.54) is 11.3 Å². The Hall–Kier alpha value is -5.06. The van der Waals surface area contributed by atoms with Gasteiger partial charge < -0.3 is 15.2 Å². The molecule has 0 aliphatic carbocycles. The minimum Gasteiger partial charge on any atom is -0.333 e. The summed E-state index contributed by atoms with van der Waals surface area (Å²) >= 11 is 0. The van der Waals surface area contributed by atoms with Gasteiger partial charge in [-0.25, -0.2) is 13.9 Å². The zero-order chi connectivity index (χ0) is 24.4. The molecule has 2 amide bonds. The molecule has 35 heavy (non-hydrogen) atoms. The molecule has 3 aromatic heterocycles. The predicted molar refractivity (Wildman–Crippen MR) is 128 cm³/mol. The molecule has 0 saturated heterocycles. The molecule has 5 aromatic rings. The second kappa shape index (κ2) is 9.06. The highest BCUT2D eigenvalue weighted by atomic mass is 16.5. The van der Waals surface area contributed by atoms with Crippen molar-refractivity contribution in [3.63, 3.8) is 0 Å². The van der Waals surface area contributed by atoms with Gasteiger partial charge in [0.05, 0.1) is 5.56 Å². The van der Waals surface area contributed by atoms with Gasteiger partial charge in [0.1, 0.15) is 6.54 Å². The summed E-state index contributed by atoms with van der Waals surface area (Å²) < 4.78 is 7.79. The number of amides is 2. The van der Waals surface area contributed by atoms with Crippen LogP contribution >= 0.6 is 0 Å². The van der Waals surface area contributed by atoms with Crippen molar-refractivity contribution in [2.24, 2.45) is 0 Å². The molecule has 0 unspecified atom stereocenters. The van der Waals surface area contributed by atoms with E-state index in [0.29, 0.717) is 22.8 Å². The fourth-order valence-corrected chi connectivity index (χ4v) is 3.56. The van der Waals surface area contributed by atoms with Crippen molar-refractivity contribution < 1.29 is 14.1 Å². The molecule has 3 heterocycles. The van der Waals surface area contributed by atoms with Crippen molar-refractivity contribution in [1.29, 1.82) is 0 Å². The highest BCUT2D eigenvalue weighted by molar-refractivity contribution is 5.93. The van der Waals surface area contributed by atoms with E-state index in [0.717, 1.165) is 10.2 Å². The van der Waals surface area contributed by atoms with Gasteiger partial charge in [-0.1, -0.05) is 41.6 Å². The third-order valence-corrected chi connectivity index (χ3v) is 5.06. The van der Waals surface area contributed by atoms with Gasteiger partial charge in [-0.2, -0.15) is 4.98 Å². The molecule has 5 rings (SSSR count). The van der Waals surface area contributed by atoms with E-state index >= 15 is 0 Å². The molecular formula is C24H19N7O4. The quantitative estimate of drug-likeness (QED) is 0.390. The van der Waals surface area contributed by atoms with Crippen LogP contribution in [0.1, 0.15) is 6.92 Å². The molecule has 0 aliphatic rings. The lowest BCUT2D eigenvalue weighted by atomic mass is 10.2. The van der Waals surface area contributed by atoms with E-state index in [-0.39, 0.29) is 24.0 Å². The van der Waals surface area contributed by atoms with Gasteiger partial charge in [0.25, 0.3) is 5.89 Å². The first kappa shape index (κ1) is 21.8. The van der Waals surface area contributed by atoms with E-state index in [1.54, 1.807) is 42.6 Å². The van der Waals surface area contributed by atoms with Crippen LogP contribution in [0.25, 0.3) is 28.5 Å². The Morgan fingerprint density at radius 2 is 1.74 bits per heavy atom. The number of carbonyl (C=O) groups is 2. The number of fused-ring (bicyclic) bond motifs is 1. The van der Waals surface area contributed by atoms with E-state index in [2.05, 4.69) is 25.9 Å². The van der Waals surface area contributed by atoms with Crippen molar-refractivity contribution >= 4 is 28.8 Å². The maximum Gasteiger partial charge on any atom is 0.350 e. The lowest BCUT2D eigenvalue weighted by Gasteiger charge is -2.07. The monoisotopic (exact) mass is 469 g/mol. The Kier molecular flexibility index (Phi) is 5.63. The fourth-order valence-electron chi connectivity index (χ4n) is 3.56. The van der Waals surface area contributed by atoms with Gasteiger partial charge in [-0.3, -0.25) is 9.59 Å². The molecule has 0 saturated carbocycles. The summed E-state index contributed by atoms with van der Waals surface area (Å²) in [6.07, 6.45) is 1.55. The molecule has 0 atom stereocenters. The zero-order valence-electron chi connectivity index (χ0n) is 18.5. The molecule has 2 N–H and O–H groups in total. The predicted octanol–water partition coefficient (Wildman–Crippen LogP) is 2.81. The summed E-state index contributed by atoms with van der Waals surface area (Å²) in [6, 6.07) is 19.4. The van der Waals surface area contributed by atoms with Crippen LogP contribution in [0.15, 0.2) is 82.2 Å². The minimum absolute atomic E-state index is 0.200. The zero-order valence-corrected chi connectivity index (χ0v) is 18.5. The average Bonchev–Trinajstić information content (AvgIpc) is 3.45. The molecule has 0 aliphatic heterocycles. The van der Waals surface area contributed by atoms with Crippen molar-refractivity contribution in [2.45, 2.75) is 13.5 Å². The Bertz CT molecular complexity index is 1600. The van der Waals surface area contributed by atoms with E-state index < -0.39 is 11.6 Å². The normalized spacial score (nSPS) is 10.9. The second-order valence-electron chi connectivity index (χ2n) is 7.66. The first-order valence-corrected chi connectivity index (χ1v) is 10.6. The van der Waals surface area contributed by atoms with Gasteiger partial charge in [0.2, 0.25) is 17.6 Å². The average molecular weight is 469 g/mol. The highest BCUT2D eigenvalue weighted by Gasteiger charge is 2.18. The number of nitrogens with one attached hydrogen (secondary N) is 2. The van der Waals surface area contributed by atoms with Crippen molar-refractivity contribution in [3.05, 3.63) is 83.4 Å². The number of aromatic nitrogens is 5. The maximum absolute atomic E-state index is 12.9. The van der Waals surface area contributed by atoms with Crippen LogP contribution in [0, 0.1) is 0 Å². The third kappa shape index (κ3) is 4.55. The summed E-state index contributed by atoms with van der Waals surface area (Å²) in [5.74, 6) is -0.0741. The van der Waals surface area contributed by atoms with E-state index in [1.807, 2.05) is 30.3 Å². The molecule has 2 aromatic carbocycles. The number of nitrogens with zero attached hydrogens (tertiary/aromatic N) is 5.